The first-order valence-electron chi connectivity index (χ1n) is 8.18. The van der Waals surface area contributed by atoms with Gasteiger partial charge in [0.15, 0.2) is 5.03 Å². The van der Waals surface area contributed by atoms with E-state index in [4.69, 9.17) is 14.6 Å². The summed E-state index contributed by atoms with van der Waals surface area (Å²) in [7, 11) is -1.96. The molecule has 0 radical (unpaired) electrons. The number of halogens is 3. The lowest BCUT2D eigenvalue weighted by atomic mass is 10.1. The van der Waals surface area contributed by atoms with Gasteiger partial charge >= 0.3 is 12.1 Å². The van der Waals surface area contributed by atoms with Crippen LogP contribution in [0.4, 0.5) is 13.2 Å². The number of amides is 1. The predicted octanol–water partition coefficient (Wildman–Crippen LogP) is -0.160. The van der Waals surface area contributed by atoms with Crippen LogP contribution in [0.5, 0.6) is 0 Å². The SMILES string of the molecule is C=CCN1C(=O)CO[C@@H]2CN(S(=O)(=O)c3cn(C)cn3)C[C@H]21.O=C(O)C(F)(F)F. The summed E-state index contributed by atoms with van der Waals surface area (Å²) < 4.78 is 65.4. The van der Waals surface area contributed by atoms with Crippen molar-refractivity contribution in [1.29, 1.82) is 0 Å². The zero-order valence-corrected chi connectivity index (χ0v) is 16.1. The van der Waals surface area contributed by atoms with Gasteiger partial charge in [-0.05, 0) is 0 Å². The summed E-state index contributed by atoms with van der Waals surface area (Å²) in [4.78, 5) is 26.4. The Balaban J connectivity index is 0.000000370. The molecule has 3 heterocycles. The van der Waals surface area contributed by atoms with Crippen molar-refractivity contribution in [2.45, 2.75) is 23.3 Å². The molecular weight excluding hydrogens is 421 g/mol. The van der Waals surface area contributed by atoms with Crippen molar-refractivity contribution >= 4 is 21.9 Å². The minimum Gasteiger partial charge on any atom is -0.475 e. The van der Waals surface area contributed by atoms with E-state index in [0.717, 1.165) is 0 Å². The van der Waals surface area contributed by atoms with E-state index < -0.39 is 22.2 Å². The van der Waals surface area contributed by atoms with Gasteiger partial charge in [-0.25, -0.2) is 18.2 Å². The highest BCUT2D eigenvalue weighted by atomic mass is 32.2. The number of hydrogen-bond donors (Lipinski definition) is 1. The molecule has 3 rings (SSSR count). The van der Waals surface area contributed by atoms with Crippen LogP contribution in [-0.2, 0) is 31.4 Å². The Morgan fingerprint density at radius 2 is 2.07 bits per heavy atom. The van der Waals surface area contributed by atoms with Crippen LogP contribution in [0.2, 0.25) is 0 Å². The van der Waals surface area contributed by atoms with Gasteiger partial charge in [0.1, 0.15) is 6.61 Å². The van der Waals surface area contributed by atoms with Crippen molar-refractivity contribution < 1.29 is 41.0 Å². The van der Waals surface area contributed by atoms with Crippen LogP contribution in [0.1, 0.15) is 0 Å². The van der Waals surface area contributed by atoms with Crippen LogP contribution in [0, 0.1) is 0 Å². The van der Waals surface area contributed by atoms with Gasteiger partial charge in [0.05, 0.1) is 18.5 Å². The number of imidazole rings is 1. The van der Waals surface area contributed by atoms with Crippen molar-refractivity contribution in [3.8, 4) is 0 Å². The van der Waals surface area contributed by atoms with Crippen molar-refractivity contribution in [2.24, 2.45) is 7.05 Å². The van der Waals surface area contributed by atoms with E-state index in [-0.39, 0.29) is 42.8 Å². The number of aliphatic carboxylic acids is 1. The van der Waals surface area contributed by atoms with E-state index in [0.29, 0.717) is 6.54 Å². The maximum absolute atomic E-state index is 12.6. The molecule has 2 fully saturated rings. The van der Waals surface area contributed by atoms with Crippen LogP contribution in [0.15, 0.2) is 30.2 Å². The fraction of sp³-hybridized carbons (Fsp3) is 0.533. The van der Waals surface area contributed by atoms with Crippen LogP contribution in [-0.4, -0.2) is 88.7 Å². The molecule has 1 aromatic heterocycles. The molecule has 2 aliphatic rings. The molecule has 2 saturated heterocycles. The molecule has 0 unspecified atom stereocenters. The third-order valence-corrected chi connectivity index (χ3v) is 5.92. The van der Waals surface area contributed by atoms with Gasteiger partial charge < -0.3 is 19.3 Å². The zero-order valence-electron chi connectivity index (χ0n) is 15.2. The molecule has 1 N–H and O–H groups in total. The summed E-state index contributed by atoms with van der Waals surface area (Å²) in [5.41, 5.74) is 0. The predicted molar refractivity (Wildman–Crippen MR) is 91.1 cm³/mol. The lowest BCUT2D eigenvalue weighted by Crippen LogP contribution is -2.53. The summed E-state index contributed by atoms with van der Waals surface area (Å²) in [5, 5.41) is 7.13. The highest BCUT2D eigenvalue weighted by Gasteiger charge is 2.47. The molecule has 1 aromatic rings. The van der Waals surface area contributed by atoms with Crippen molar-refractivity contribution in [1.82, 2.24) is 18.8 Å². The van der Waals surface area contributed by atoms with Crippen LogP contribution in [0.25, 0.3) is 0 Å². The van der Waals surface area contributed by atoms with E-state index in [1.807, 2.05) is 0 Å². The molecule has 2 atom stereocenters. The topological polar surface area (TPSA) is 122 Å². The fourth-order valence-electron chi connectivity index (χ4n) is 2.86. The smallest absolute Gasteiger partial charge is 0.475 e. The zero-order chi connectivity index (χ0) is 22.0. The number of hydrogen-bond acceptors (Lipinski definition) is 6. The van der Waals surface area contributed by atoms with Gasteiger partial charge in [-0.2, -0.15) is 17.5 Å². The van der Waals surface area contributed by atoms with Crippen LogP contribution in [0.3, 0.4) is 0 Å². The number of carbonyl (C=O) groups is 2. The van der Waals surface area contributed by atoms with Gasteiger partial charge in [0.2, 0.25) is 5.91 Å². The van der Waals surface area contributed by atoms with E-state index >= 15 is 0 Å². The third kappa shape index (κ3) is 5.13. The quantitative estimate of drug-likeness (QED) is 0.646. The first-order chi connectivity index (χ1) is 13.4. The number of fused-ring (bicyclic) bond motifs is 1. The number of carboxylic acid groups (broad SMARTS) is 1. The lowest BCUT2D eigenvalue weighted by molar-refractivity contribution is -0.192. The molecule has 0 saturated carbocycles. The Bertz CT molecular complexity index is 885. The molecule has 1 amide bonds. The Labute approximate surface area is 164 Å². The monoisotopic (exact) mass is 440 g/mol. The van der Waals surface area contributed by atoms with E-state index in [1.165, 1.54) is 16.8 Å². The summed E-state index contributed by atoms with van der Waals surface area (Å²) >= 11 is 0. The van der Waals surface area contributed by atoms with Gasteiger partial charge in [-0.3, -0.25) is 4.79 Å². The second-order valence-corrected chi connectivity index (χ2v) is 8.14. The molecule has 0 spiro atoms. The molecular formula is C15H19F3N4O6S. The number of alkyl halides is 3. The third-order valence-electron chi connectivity index (χ3n) is 4.20. The number of carbonyl (C=O) groups excluding carboxylic acids is 1. The largest absolute Gasteiger partial charge is 0.490 e. The Kier molecular flexibility index (Phi) is 6.70. The van der Waals surface area contributed by atoms with Gasteiger partial charge in [0.25, 0.3) is 10.0 Å². The summed E-state index contributed by atoms with van der Waals surface area (Å²) in [6.45, 7) is 4.45. The highest BCUT2D eigenvalue weighted by molar-refractivity contribution is 7.89. The number of rotatable bonds is 4. The summed E-state index contributed by atoms with van der Waals surface area (Å²) in [5.74, 6) is -2.90. The number of carboxylic acids is 1. The molecule has 162 valence electrons. The summed E-state index contributed by atoms with van der Waals surface area (Å²) in [6, 6.07) is -0.280. The van der Waals surface area contributed by atoms with E-state index in [1.54, 1.807) is 22.6 Å². The second kappa shape index (κ2) is 8.51. The normalized spacial score (nSPS) is 22.6. The molecule has 29 heavy (non-hydrogen) atoms. The van der Waals surface area contributed by atoms with Crippen molar-refractivity contribution in [3.63, 3.8) is 0 Å². The minimum absolute atomic E-state index is 0.00949. The average Bonchev–Trinajstić information content (AvgIpc) is 3.24. The van der Waals surface area contributed by atoms with E-state index in [9.17, 15) is 26.4 Å². The van der Waals surface area contributed by atoms with Gasteiger partial charge in [-0.1, -0.05) is 6.08 Å². The number of aryl methyl sites for hydroxylation is 1. The minimum atomic E-state index is -5.08. The lowest BCUT2D eigenvalue weighted by Gasteiger charge is -2.35. The number of morpholine rings is 1. The molecule has 0 aromatic carbocycles. The number of aromatic nitrogens is 2. The Hall–Kier alpha value is -2.45. The fourth-order valence-corrected chi connectivity index (χ4v) is 4.30. The van der Waals surface area contributed by atoms with Crippen molar-refractivity contribution in [3.05, 3.63) is 25.2 Å². The number of nitrogens with zero attached hydrogens (tertiary/aromatic N) is 4. The maximum Gasteiger partial charge on any atom is 0.490 e. The highest BCUT2D eigenvalue weighted by Crippen LogP contribution is 2.27. The van der Waals surface area contributed by atoms with Gasteiger partial charge in [0, 0.05) is 32.9 Å². The standard InChI is InChI=1S/C13H18N4O4S.C2HF3O2/c1-3-4-17-10-5-16(6-11(10)21-8-13(17)18)22(19,20)12-7-15(2)9-14-12;3-2(4,5)1(6)7/h3,7,9-11H,1,4-6,8H2,2H3;(H,6,7)/t10-,11-;/m1./s1. The number of sulfonamides is 1. The van der Waals surface area contributed by atoms with Crippen molar-refractivity contribution in [2.75, 3.05) is 26.2 Å². The second-order valence-electron chi connectivity index (χ2n) is 6.25. The summed E-state index contributed by atoms with van der Waals surface area (Å²) in [6.07, 6.45) is -0.850. The first-order valence-corrected chi connectivity index (χ1v) is 9.62. The molecule has 0 bridgehead atoms. The van der Waals surface area contributed by atoms with Crippen LogP contribution >= 0.6 is 0 Å². The molecule has 14 heteroatoms. The molecule has 0 aliphatic carbocycles. The van der Waals surface area contributed by atoms with E-state index in [2.05, 4.69) is 11.6 Å². The van der Waals surface area contributed by atoms with Crippen LogP contribution < -0.4 is 0 Å². The maximum atomic E-state index is 12.6. The molecule has 2 aliphatic heterocycles. The Morgan fingerprint density at radius 3 is 2.55 bits per heavy atom. The first kappa shape index (κ1) is 22.8. The molecule has 10 nitrogen and oxygen atoms in total. The average molecular weight is 440 g/mol. The number of ether oxygens (including phenoxy) is 1. The van der Waals surface area contributed by atoms with Gasteiger partial charge in [-0.15, -0.1) is 6.58 Å². The Morgan fingerprint density at radius 1 is 1.45 bits per heavy atom.